The first-order valence-electron chi connectivity index (χ1n) is 4.26. The van der Waals surface area contributed by atoms with Crippen molar-refractivity contribution >= 4 is 37.4 Å². The molecule has 0 saturated heterocycles. The van der Waals surface area contributed by atoms with Crippen molar-refractivity contribution in [3.05, 3.63) is 16.9 Å². The van der Waals surface area contributed by atoms with Gasteiger partial charge >= 0.3 is 0 Å². The molecule has 0 radical (unpaired) electrons. The lowest BCUT2D eigenvalue weighted by molar-refractivity contribution is 0.571. The van der Waals surface area contributed by atoms with Crippen LogP contribution in [0.4, 0.5) is 0 Å². The highest BCUT2D eigenvalue weighted by Crippen LogP contribution is 2.15. The SMILES string of the molecule is CC(CCCl)S(=O)(=O)c1ncc(Br)cn1. The van der Waals surface area contributed by atoms with Crippen molar-refractivity contribution in [1.82, 2.24) is 9.97 Å². The van der Waals surface area contributed by atoms with Crippen LogP contribution in [-0.2, 0) is 9.84 Å². The molecule has 1 aromatic rings. The lowest BCUT2D eigenvalue weighted by atomic mass is 10.4. The van der Waals surface area contributed by atoms with Crippen molar-refractivity contribution in [1.29, 1.82) is 0 Å². The second-order valence-corrected chi connectivity index (χ2v) is 6.57. The van der Waals surface area contributed by atoms with Crippen molar-refractivity contribution < 1.29 is 8.42 Å². The molecule has 7 heteroatoms. The van der Waals surface area contributed by atoms with Crippen LogP contribution in [0.25, 0.3) is 0 Å². The van der Waals surface area contributed by atoms with Gasteiger partial charge in [-0.3, -0.25) is 0 Å². The van der Waals surface area contributed by atoms with E-state index in [9.17, 15) is 8.42 Å². The molecule has 1 heterocycles. The van der Waals surface area contributed by atoms with Gasteiger partial charge in [0.25, 0.3) is 0 Å². The van der Waals surface area contributed by atoms with Gasteiger partial charge in [0.1, 0.15) is 0 Å². The summed E-state index contributed by atoms with van der Waals surface area (Å²) in [5.74, 6) is 0.303. The Bertz CT molecular complexity index is 421. The molecule has 1 aromatic heterocycles. The van der Waals surface area contributed by atoms with E-state index in [1.165, 1.54) is 12.4 Å². The van der Waals surface area contributed by atoms with Crippen LogP contribution in [0.1, 0.15) is 13.3 Å². The molecule has 0 bridgehead atoms. The van der Waals surface area contributed by atoms with Gasteiger partial charge in [-0.25, -0.2) is 18.4 Å². The molecular weight excluding hydrogens is 304 g/mol. The summed E-state index contributed by atoms with van der Waals surface area (Å²) >= 11 is 8.64. The highest BCUT2D eigenvalue weighted by Gasteiger charge is 2.25. The molecule has 0 saturated carbocycles. The van der Waals surface area contributed by atoms with Crippen LogP contribution in [0.5, 0.6) is 0 Å². The van der Waals surface area contributed by atoms with Crippen LogP contribution in [0.3, 0.4) is 0 Å². The van der Waals surface area contributed by atoms with Gasteiger partial charge in [0.2, 0.25) is 15.0 Å². The molecule has 0 aromatic carbocycles. The smallest absolute Gasteiger partial charge is 0.226 e. The van der Waals surface area contributed by atoms with Gasteiger partial charge in [0.05, 0.1) is 9.72 Å². The highest BCUT2D eigenvalue weighted by molar-refractivity contribution is 9.10. The van der Waals surface area contributed by atoms with Gasteiger partial charge in [-0.2, -0.15) is 0 Å². The van der Waals surface area contributed by atoms with Gasteiger partial charge in [-0.15, -0.1) is 11.6 Å². The molecule has 0 N–H and O–H groups in total. The largest absolute Gasteiger partial charge is 0.247 e. The minimum atomic E-state index is -3.45. The third-order valence-corrected chi connectivity index (χ3v) is 4.54. The lowest BCUT2D eigenvalue weighted by Gasteiger charge is -2.09. The van der Waals surface area contributed by atoms with Crippen molar-refractivity contribution in [3.8, 4) is 0 Å². The maximum absolute atomic E-state index is 11.8. The van der Waals surface area contributed by atoms with Crippen molar-refractivity contribution in [3.63, 3.8) is 0 Å². The predicted octanol–water partition coefficient (Wildman–Crippen LogP) is 2.03. The van der Waals surface area contributed by atoms with Crippen LogP contribution in [0.2, 0.25) is 0 Å². The van der Waals surface area contributed by atoms with E-state index in [0.717, 1.165) is 0 Å². The Morgan fingerprint density at radius 3 is 2.47 bits per heavy atom. The number of halogens is 2. The molecule has 84 valence electrons. The number of hydrogen-bond acceptors (Lipinski definition) is 4. The molecule has 0 fully saturated rings. The van der Waals surface area contributed by atoms with Gasteiger partial charge in [0.15, 0.2) is 0 Å². The number of sulfone groups is 1. The Morgan fingerprint density at radius 2 is 2.00 bits per heavy atom. The van der Waals surface area contributed by atoms with Gasteiger partial charge in [0, 0.05) is 18.3 Å². The van der Waals surface area contributed by atoms with Crippen LogP contribution < -0.4 is 0 Å². The second-order valence-electron chi connectivity index (χ2n) is 3.02. The van der Waals surface area contributed by atoms with E-state index >= 15 is 0 Å². The summed E-state index contributed by atoms with van der Waals surface area (Å²) in [6, 6.07) is 0. The molecule has 0 spiro atoms. The monoisotopic (exact) mass is 312 g/mol. The average Bonchev–Trinajstić information content (AvgIpc) is 2.18. The summed E-state index contributed by atoms with van der Waals surface area (Å²) in [5, 5.41) is -0.709. The Labute approximate surface area is 102 Å². The van der Waals surface area contributed by atoms with Gasteiger partial charge in [-0.1, -0.05) is 0 Å². The molecule has 0 aliphatic carbocycles. The Kier molecular flexibility index (Phi) is 4.48. The zero-order chi connectivity index (χ0) is 11.5. The zero-order valence-corrected chi connectivity index (χ0v) is 11.2. The summed E-state index contributed by atoms with van der Waals surface area (Å²) < 4.78 is 24.3. The van der Waals surface area contributed by atoms with Crippen molar-refractivity contribution in [2.75, 3.05) is 5.88 Å². The summed E-state index contributed by atoms with van der Waals surface area (Å²) in [7, 11) is -3.45. The van der Waals surface area contributed by atoms with Crippen LogP contribution in [0.15, 0.2) is 22.0 Å². The Balaban J connectivity index is 3.01. The highest BCUT2D eigenvalue weighted by atomic mass is 79.9. The molecule has 1 unspecified atom stereocenters. The minimum Gasteiger partial charge on any atom is -0.226 e. The fourth-order valence-electron chi connectivity index (χ4n) is 0.936. The molecule has 1 atom stereocenters. The van der Waals surface area contributed by atoms with E-state index in [1.807, 2.05) is 0 Å². The summed E-state index contributed by atoms with van der Waals surface area (Å²) in [6.07, 6.45) is 3.21. The second kappa shape index (κ2) is 5.23. The molecular formula is C8H10BrClN2O2S. The fourth-order valence-corrected chi connectivity index (χ4v) is 2.78. The summed E-state index contributed by atoms with van der Waals surface area (Å²) in [6.45, 7) is 1.60. The van der Waals surface area contributed by atoms with E-state index in [2.05, 4.69) is 25.9 Å². The minimum absolute atomic E-state index is 0.150. The Hall–Kier alpha value is -0.200. The first-order valence-corrected chi connectivity index (χ1v) is 7.13. The van der Waals surface area contributed by atoms with E-state index in [4.69, 9.17) is 11.6 Å². The van der Waals surface area contributed by atoms with Gasteiger partial charge < -0.3 is 0 Å². The molecule has 0 aliphatic rings. The zero-order valence-electron chi connectivity index (χ0n) is 8.02. The maximum Gasteiger partial charge on any atom is 0.247 e. The molecule has 1 rings (SSSR count). The normalized spacial score (nSPS) is 13.8. The van der Waals surface area contributed by atoms with E-state index in [-0.39, 0.29) is 5.16 Å². The van der Waals surface area contributed by atoms with E-state index in [0.29, 0.717) is 16.8 Å². The standard InChI is InChI=1S/C8H10BrClN2O2S/c1-6(2-3-10)15(13,14)8-11-4-7(9)5-12-8/h4-6H,2-3H2,1H3. The molecule has 4 nitrogen and oxygen atoms in total. The number of alkyl halides is 1. The third-order valence-electron chi connectivity index (χ3n) is 1.90. The maximum atomic E-state index is 11.8. The van der Waals surface area contributed by atoms with E-state index in [1.54, 1.807) is 6.92 Å². The molecule has 15 heavy (non-hydrogen) atoms. The van der Waals surface area contributed by atoms with Crippen LogP contribution in [-0.4, -0.2) is 29.5 Å². The predicted molar refractivity (Wildman–Crippen MR) is 61.7 cm³/mol. The van der Waals surface area contributed by atoms with Crippen molar-refractivity contribution in [2.24, 2.45) is 0 Å². The van der Waals surface area contributed by atoms with Crippen LogP contribution >= 0.6 is 27.5 Å². The number of nitrogens with zero attached hydrogens (tertiary/aromatic N) is 2. The number of rotatable bonds is 4. The van der Waals surface area contributed by atoms with Gasteiger partial charge in [-0.05, 0) is 29.3 Å². The van der Waals surface area contributed by atoms with Crippen LogP contribution in [0, 0.1) is 0 Å². The number of hydrogen-bond donors (Lipinski definition) is 0. The quantitative estimate of drug-likeness (QED) is 0.630. The molecule has 0 aliphatic heterocycles. The Morgan fingerprint density at radius 1 is 1.47 bits per heavy atom. The topological polar surface area (TPSA) is 59.9 Å². The molecule has 0 amide bonds. The summed E-state index contributed by atoms with van der Waals surface area (Å²) in [5.41, 5.74) is 0. The third kappa shape index (κ3) is 3.12. The van der Waals surface area contributed by atoms with Crippen molar-refractivity contribution in [2.45, 2.75) is 23.8 Å². The first-order chi connectivity index (χ1) is 6.98. The fraction of sp³-hybridized carbons (Fsp3) is 0.500. The van der Waals surface area contributed by atoms with E-state index < -0.39 is 15.1 Å². The average molecular weight is 314 g/mol. The lowest BCUT2D eigenvalue weighted by Crippen LogP contribution is -2.20. The number of aromatic nitrogens is 2. The summed E-state index contributed by atoms with van der Waals surface area (Å²) in [4.78, 5) is 7.53. The first kappa shape index (κ1) is 12.9.